The van der Waals surface area contributed by atoms with Crippen LogP contribution in [0.3, 0.4) is 0 Å². The first-order chi connectivity index (χ1) is 19.0. The number of ketones is 1. The Bertz CT molecular complexity index is 1230. The number of hydrogen-bond acceptors (Lipinski definition) is 14. The fourth-order valence-corrected chi connectivity index (χ4v) is 5.08. The highest BCUT2D eigenvalue weighted by molar-refractivity contribution is 6.03. The number of phenols is 2. The first-order valence-corrected chi connectivity index (χ1v) is 12.5. The number of carbonyl (C=O) groups is 1. The number of fused-ring (bicyclic) bond motifs is 1. The molecule has 3 aliphatic rings. The van der Waals surface area contributed by atoms with Crippen LogP contribution in [0.15, 0.2) is 30.3 Å². The molecule has 0 bridgehead atoms. The molecule has 2 fully saturated rings. The van der Waals surface area contributed by atoms with E-state index in [9.17, 15) is 50.8 Å². The maximum Gasteiger partial charge on any atom is 0.229 e. The molecule has 9 N–H and O–H groups in total. The normalized spacial score (nSPS) is 36.0. The molecule has 40 heavy (non-hydrogen) atoms. The number of ether oxygens (including phenoxy) is 4. The van der Waals surface area contributed by atoms with Gasteiger partial charge in [0.2, 0.25) is 6.29 Å². The predicted octanol–water partition coefficient (Wildman–Crippen LogP) is -1.86. The number of rotatable bonds is 5. The Balaban J connectivity index is 1.61. The van der Waals surface area contributed by atoms with Gasteiger partial charge in [0.1, 0.15) is 83.5 Å². The summed E-state index contributed by atoms with van der Waals surface area (Å²) in [5, 5.41) is 92.0. The van der Waals surface area contributed by atoms with Crippen molar-refractivity contribution >= 4 is 5.78 Å². The van der Waals surface area contributed by atoms with Crippen LogP contribution in [0.1, 0.15) is 40.1 Å². The van der Waals surface area contributed by atoms with Crippen LogP contribution >= 0.6 is 0 Å². The molecule has 0 aliphatic carbocycles. The lowest BCUT2D eigenvalue weighted by Crippen LogP contribution is -2.60. The summed E-state index contributed by atoms with van der Waals surface area (Å²) in [4.78, 5) is 13.2. The van der Waals surface area contributed by atoms with E-state index in [1.165, 1.54) is 24.3 Å². The van der Waals surface area contributed by atoms with Gasteiger partial charge in [-0.2, -0.15) is 0 Å². The van der Waals surface area contributed by atoms with Crippen molar-refractivity contribution in [1.82, 2.24) is 0 Å². The van der Waals surface area contributed by atoms with Crippen molar-refractivity contribution in [2.24, 2.45) is 0 Å². The van der Waals surface area contributed by atoms with Gasteiger partial charge in [-0.1, -0.05) is 12.1 Å². The Kier molecular flexibility index (Phi) is 7.89. The van der Waals surface area contributed by atoms with Crippen molar-refractivity contribution in [1.29, 1.82) is 0 Å². The summed E-state index contributed by atoms with van der Waals surface area (Å²) in [6.45, 7) is -1.18. The second-order valence-corrected chi connectivity index (χ2v) is 9.95. The van der Waals surface area contributed by atoms with E-state index in [1.807, 2.05) is 0 Å². The molecule has 2 aromatic rings. The van der Waals surface area contributed by atoms with E-state index in [0.717, 1.165) is 6.07 Å². The molecule has 0 aromatic heterocycles. The summed E-state index contributed by atoms with van der Waals surface area (Å²) in [5.41, 5.74) is 0.0331. The molecule has 0 spiro atoms. The fourth-order valence-electron chi connectivity index (χ4n) is 5.08. The van der Waals surface area contributed by atoms with Crippen molar-refractivity contribution < 1.29 is 69.7 Å². The van der Waals surface area contributed by atoms with Crippen LogP contribution in [0.5, 0.6) is 23.0 Å². The largest absolute Gasteiger partial charge is 0.508 e. The first-order valence-electron chi connectivity index (χ1n) is 12.5. The van der Waals surface area contributed by atoms with Gasteiger partial charge in [0.05, 0.1) is 25.2 Å². The van der Waals surface area contributed by atoms with Crippen molar-refractivity contribution in [3.8, 4) is 23.0 Å². The van der Waals surface area contributed by atoms with Gasteiger partial charge in [-0.05, 0) is 17.7 Å². The second kappa shape index (κ2) is 11.1. The van der Waals surface area contributed by atoms with Gasteiger partial charge in [-0.25, -0.2) is 0 Å². The quantitative estimate of drug-likeness (QED) is 0.193. The highest BCUT2D eigenvalue weighted by Gasteiger charge is 2.48. The van der Waals surface area contributed by atoms with Crippen LogP contribution in [0, 0.1) is 0 Å². The zero-order chi connectivity index (χ0) is 28.9. The van der Waals surface area contributed by atoms with E-state index in [2.05, 4.69) is 0 Å². The molecule has 0 radical (unpaired) electrons. The lowest BCUT2D eigenvalue weighted by molar-refractivity contribution is -0.278. The van der Waals surface area contributed by atoms with Gasteiger partial charge in [-0.3, -0.25) is 4.79 Å². The van der Waals surface area contributed by atoms with Gasteiger partial charge in [0.25, 0.3) is 0 Å². The Morgan fingerprint density at radius 3 is 2.27 bits per heavy atom. The van der Waals surface area contributed by atoms with Crippen LogP contribution in [-0.4, -0.2) is 114 Å². The van der Waals surface area contributed by atoms with Crippen LogP contribution in [0.2, 0.25) is 0 Å². The average molecular weight is 567 g/mol. The highest BCUT2D eigenvalue weighted by atomic mass is 16.7. The van der Waals surface area contributed by atoms with Crippen LogP contribution in [0.25, 0.3) is 0 Å². The number of benzene rings is 2. The molecule has 218 valence electrons. The number of carbonyl (C=O) groups excluding carboxylic acids is 1. The predicted molar refractivity (Wildman–Crippen MR) is 130 cm³/mol. The molecule has 0 saturated carbocycles. The van der Waals surface area contributed by atoms with Crippen LogP contribution < -0.4 is 9.47 Å². The maximum absolute atomic E-state index is 13.2. The van der Waals surface area contributed by atoms with E-state index in [-0.39, 0.29) is 34.8 Å². The molecule has 3 aliphatic heterocycles. The third-order valence-corrected chi connectivity index (χ3v) is 7.31. The standard InChI is InChI=1S/C26H30O14/c27-7-16-20(33)21(34)23(36)26(40-16)39-15-6-12(30)17-11(29)5-14(9-1-3-10(28)4-2-9)38-24(17)18(15)25-22(35)19(32)13(31)8-37-25/h1-4,6,13-14,16,19-23,25-28,30-36H,5,7-8H2. The molecule has 0 amide bonds. The molecule has 14 nitrogen and oxygen atoms in total. The van der Waals surface area contributed by atoms with Gasteiger partial charge in [-0.15, -0.1) is 0 Å². The molecule has 10 atom stereocenters. The van der Waals surface area contributed by atoms with E-state index < -0.39 is 86.0 Å². The minimum atomic E-state index is -1.85. The first kappa shape index (κ1) is 28.5. The minimum absolute atomic E-state index is 0.0221. The summed E-state index contributed by atoms with van der Waals surface area (Å²) in [7, 11) is 0. The Morgan fingerprint density at radius 2 is 1.60 bits per heavy atom. The van der Waals surface area contributed by atoms with Gasteiger partial charge in [0.15, 0.2) is 5.78 Å². The highest BCUT2D eigenvalue weighted by Crippen LogP contribution is 2.50. The van der Waals surface area contributed by atoms with Crippen molar-refractivity contribution in [3.63, 3.8) is 0 Å². The Labute approximate surface area is 226 Å². The van der Waals surface area contributed by atoms with Gasteiger partial charge >= 0.3 is 0 Å². The third-order valence-electron chi connectivity index (χ3n) is 7.31. The lowest BCUT2D eigenvalue weighted by Gasteiger charge is -2.41. The van der Waals surface area contributed by atoms with E-state index in [4.69, 9.17) is 18.9 Å². The lowest BCUT2D eigenvalue weighted by atomic mass is 9.88. The molecule has 5 rings (SSSR count). The molecule has 2 aromatic carbocycles. The Morgan fingerprint density at radius 1 is 0.900 bits per heavy atom. The second-order valence-electron chi connectivity index (χ2n) is 9.95. The fraction of sp³-hybridized carbons (Fsp3) is 0.500. The topological polar surface area (TPSA) is 236 Å². The van der Waals surface area contributed by atoms with Gasteiger partial charge in [0, 0.05) is 6.07 Å². The molecule has 3 heterocycles. The summed E-state index contributed by atoms with van der Waals surface area (Å²) in [5.74, 6) is -1.80. The smallest absolute Gasteiger partial charge is 0.229 e. The maximum atomic E-state index is 13.2. The molecule has 2 saturated heterocycles. The molecule has 14 heteroatoms. The molecular weight excluding hydrogens is 536 g/mol. The van der Waals surface area contributed by atoms with E-state index >= 15 is 0 Å². The number of phenolic OH excluding ortho intramolecular Hbond substituents is 2. The number of Topliss-reactive ketones (excluding diaryl/α,β-unsaturated/α-hetero) is 1. The van der Waals surface area contributed by atoms with Crippen molar-refractivity contribution in [2.45, 2.75) is 67.6 Å². The third kappa shape index (κ3) is 4.98. The van der Waals surface area contributed by atoms with Crippen LogP contribution in [-0.2, 0) is 9.47 Å². The van der Waals surface area contributed by atoms with Crippen molar-refractivity contribution in [2.75, 3.05) is 13.2 Å². The summed E-state index contributed by atoms with van der Waals surface area (Å²) in [6, 6.07) is 6.81. The van der Waals surface area contributed by atoms with Crippen molar-refractivity contribution in [3.05, 3.63) is 47.0 Å². The average Bonchev–Trinajstić information content (AvgIpc) is 2.93. The summed E-state index contributed by atoms with van der Waals surface area (Å²) >= 11 is 0. The van der Waals surface area contributed by atoms with E-state index in [1.54, 1.807) is 0 Å². The number of aliphatic hydroxyl groups excluding tert-OH is 7. The monoisotopic (exact) mass is 566 g/mol. The number of aromatic hydroxyl groups is 2. The zero-order valence-corrected chi connectivity index (χ0v) is 20.8. The summed E-state index contributed by atoms with van der Waals surface area (Å²) in [6.07, 6.45) is -15.9. The molecule has 10 unspecified atom stereocenters. The molecular formula is C26H30O14. The minimum Gasteiger partial charge on any atom is -0.508 e. The Hall–Kier alpha value is -3.05. The number of aliphatic hydroxyl groups is 7. The SMILES string of the molecule is O=C1CC(c2ccc(O)cc2)Oc2c1c(O)cc(OC1OC(CO)C(O)C(O)C1O)c2C1OCC(O)C(O)C1O. The number of hydrogen-bond donors (Lipinski definition) is 9. The van der Waals surface area contributed by atoms with E-state index in [0.29, 0.717) is 5.56 Å². The van der Waals surface area contributed by atoms with Crippen LogP contribution in [0.4, 0.5) is 0 Å². The van der Waals surface area contributed by atoms with Gasteiger partial charge < -0.3 is 64.9 Å². The zero-order valence-electron chi connectivity index (χ0n) is 20.8. The summed E-state index contributed by atoms with van der Waals surface area (Å²) < 4.78 is 22.9.